The zero-order chi connectivity index (χ0) is 18.8. The lowest BCUT2D eigenvalue weighted by Crippen LogP contribution is -2.43. The van der Waals surface area contributed by atoms with Gasteiger partial charge >= 0.3 is 5.97 Å². The Bertz CT molecular complexity index is 841. The van der Waals surface area contributed by atoms with E-state index in [2.05, 4.69) is 4.98 Å². The first-order valence-corrected chi connectivity index (χ1v) is 8.24. The molecule has 1 N–H and O–H groups in total. The number of nitro groups is 1. The SMILES string of the molecule is CC1CC(C(=O)O)CN(c2ccc([N+](=O)[O-])c(-c3ccc(F)cc3)n2)C1. The molecule has 3 rings (SSSR count). The molecule has 1 aliphatic heterocycles. The van der Waals surface area contributed by atoms with Crippen molar-refractivity contribution in [3.05, 3.63) is 52.3 Å². The minimum atomic E-state index is -0.859. The maximum Gasteiger partial charge on any atom is 0.308 e. The fraction of sp³-hybridized carbons (Fsp3) is 0.333. The molecule has 0 saturated carbocycles. The van der Waals surface area contributed by atoms with E-state index in [1.807, 2.05) is 11.8 Å². The number of aliphatic carboxylic acids is 1. The Morgan fingerprint density at radius 1 is 1.27 bits per heavy atom. The van der Waals surface area contributed by atoms with Gasteiger partial charge in [-0.3, -0.25) is 14.9 Å². The summed E-state index contributed by atoms with van der Waals surface area (Å²) >= 11 is 0. The molecule has 1 aliphatic rings. The van der Waals surface area contributed by atoms with E-state index in [-0.39, 0.29) is 17.3 Å². The first-order chi connectivity index (χ1) is 12.3. The standard InChI is InChI=1S/C18H18FN3O4/c1-11-8-13(18(23)24)10-21(9-11)16-7-6-15(22(25)26)17(20-16)12-2-4-14(19)5-3-12/h2-7,11,13H,8-10H2,1H3,(H,23,24). The maximum atomic E-state index is 13.2. The van der Waals surface area contributed by atoms with Crippen molar-refractivity contribution in [2.24, 2.45) is 11.8 Å². The number of nitrogens with zero attached hydrogens (tertiary/aromatic N) is 3. The lowest BCUT2D eigenvalue weighted by molar-refractivity contribution is -0.384. The molecule has 2 unspecified atom stereocenters. The topological polar surface area (TPSA) is 96.6 Å². The summed E-state index contributed by atoms with van der Waals surface area (Å²) < 4.78 is 13.2. The van der Waals surface area contributed by atoms with Crippen LogP contribution >= 0.6 is 0 Å². The number of benzene rings is 1. The third-order valence-corrected chi connectivity index (χ3v) is 4.51. The number of rotatable bonds is 4. The summed E-state index contributed by atoms with van der Waals surface area (Å²) in [5.74, 6) is -1.17. The number of hydrogen-bond acceptors (Lipinski definition) is 5. The summed E-state index contributed by atoms with van der Waals surface area (Å²) in [6.45, 7) is 2.89. The van der Waals surface area contributed by atoms with Crippen molar-refractivity contribution in [1.82, 2.24) is 4.98 Å². The Labute approximate surface area is 149 Å². The third-order valence-electron chi connectivity index (χ3n) is 4.51. The van der Waals surface area contributed by atoms with Crippen molar-refractivity contribution < 1.29 is 19.2 Å². The van der Waals surface area contributed by atoms with Gasteiger partial charge in [-0.2, -0.15) is 0 Å². The van der Waals surface area contributed by atoms with Crippen LogP contribution in [0.15, 0.2) is 36.4 Å². The molecule has 1 aromatic heterocycles. The number of carboxylic acids is 1. The summed E-state index contributed by atoms with van der Waals surface area (Å²) in [4.78, 5) is 28.4. The van der Waals surface area contributed by atoms with Gasteiger partial charge < -0.3 is 10.0 Å². The van der Waals surface area contributed by atoms with E-state index in [1.54, 1.807) is 0 Å². The molecule has 0 aliphatic carbocycles. The molecule has 2 atom stereocenters. The molecule has 0 bridgehead atoms. The molecule has 26 heavy (non-hydrogen) atoms. The molecule has 8 heteroatoms. The first-order valence-electron chi connectivity index (χ1n) is 8.24. The Hall–Kier alpha value is -3.03. The second-order valence-corrected chi connectivity index (χ2v) is 6.58. The lowest BCUT2D eigenvalue weighted by Gasteiger charge is -2.35. The molecule has 136 valence electrons. The van der Waals surface area contributed by atoms with E-state index >= 15 is 0 Å². The van der Waals surface area contributed by atoms with E-state index < -0.39 is 22.6 Å². The van der Waals surface area contributed by atoms with Crippen LogP contribution in [0.25, 0.3) is 11.3 Å². The second kappa shape index (κ2) is 7.07. The molecular formula is C18H18FN3O4. The average molecular weight is 359 g/mol. The number of aromatic nitrogens is 1. The summed E-state index contributed by atoms with van der Waals surface area (Å²) in [7, 11) is 0. The third kappa shape index (κ3) is 3.63. The van der Waals surface area contributed by atoms with Gasteiger partial charge in [0.1, 0.15) is 11.6 Å². The maximum absolute atomic E-state index is 13.2. The first kappa shape index (κ1) is 17.8. The predicted octanol–water partition coefficient (Wildman–Crippen LogP) is 3.34. The lowest BCUT2D eigenvalue weighted by atomic mass is 9.90. The normalized spacial score (nSPS) is 20.0. The number of carboxylic acid groups (broad SMARTS) is 1. The summed E-state index contributed by atoms with van der Waals surface area (Å²) in [6, 6.07) is 8.20. The van der Waals surface area contributed by atoms with E-state index in [1.165, 1.54) is 36.4 Å². The van der Waals surface area contributed by atoms with Gasteiger partial charge in [-0.05, 0) is 42.7 Å². The average Bonchev–Trinajstić information content (AvgIpc) is 2.61. The highest BCUT2D eigenvalue weighted by atomic mass is 19.1. The van der Waals surface area contributed by atoms with Gasteiger partial charge in [0.25, 0.3) is 5.69 Å². The van der Waals surface area contributed by atoms with E-state index in [9.17, 15) is 24.4 Å². The largest absolute Gasteiger partial charge is 0.481 e. The monoisotopic (exact) mass is 359 g/mol. The zero-order valence-corrected chi connectivity index (χ0v) is 14.1. The van der Waals surface area contributed by atoms with Crippen LogP contribution in [0, 0.1) is 27.8 Å². The molecule has 7 nitrogen and oxygen atoms in total. The molecule has 2 aromatic rings. The number of pyridine rings is 1. The van der Waals surface area contributed by atoms with Gasteiger partial charge in [-0.15, -0.1) is 0 Å². The van der Waals surface area contributed by atoms with Crippen LogP contribution in [0.2, 0.25) is 0 Å². The summed E-state index contributed by atoms with van der Waals surface area (Å²) in [5, 5.41) is 20.7. The van der Waals surface area contributed by atoms with Crippen molar-refractivity contribution in [3.8, 4) is 11.3 Å². The van der Waals surface area contributed by atoms with Crippen molar-refractivity contribution in [2.75, 3.05) is 18.0 Å². The van der Waals surface area contributed by atoms with Gasteiger partial charge in [0.15, 0.2) is 5.69 Å². The van der Waals surface area contributed by atoms with E-state index in [4.69, 9.17) is 0 Å². The van der Waals surface area contributed by atoms with Gasteiger partial charge in [0, 0.05) is 24.7 Å². The molecule has 1 fully saturated rings. The van der Waals surface area contributed by atoms with Crippen molar-refractivity contribution >= 4 is 17.5 Å². The van der Waals surface area contributed by atoms with E-state index in [0.29, 0.717) is 30.9 Å². The van der Waals surface area contributed by atoms with Crippen LogP contribution in [-0.2, 0) is 4.79 Å². The Kier molecular flexibility index (Phi) is 4.83. The molecular weight excluding hydrogens is 341 g/mol. The highest BCUT2D eigenvalue weighted by Crippen LogP contribution is 2.32. The number of halogens is 1. The van der Waals surface area contributed by atoms with E-state index in [0.717, 1.165) is 0 Å². The Morgan fingerprint density at radius 2 is 1.96 bits per heavy atom. The number of hydrogen-bond donors (Lipinski definition) is 1. The Morgan fingerprint density at radius 3 is 2.58 bits per heavy atom. The molecule has 1 saturated heterocycles. The number of anilines is 1. The van der Waals surface area contributed by atoms with Crippen molar-refractivity contribution in [2.45, 2.75) is 13.3 Å². The van der Waals surface area contributed by atoms with Crippen molar-refractivity contribution in [3.63, 3.8) is 0 Å². The molecule has 2 heterocycles. The Balaban J connectivity index is 2.01. The number of carbonyl (C=O) groups is 1. The molecule has 1 aromatic carbocycles. The van der Waals surface area contributed by atoms with Gasteiger partial charge in [0.05, 0.1) is 10.8 Å². The van der Waals surface area contributed by atoms with Crippen LogP contribution < -0.4 is 4.90 Å². The van der Waals surface area contributed by atoms with Crippen LogP contribution in [0.3, 0.4) is 0 Å². The quantitative estimate of drug-likeness (QED) is 0.664. The molecule has 0 radical (unpaired) electrons. The van der Waals surface area contributed by atoms with Crippen LogP contribution in [0.4, 0.5) is 15.9 Å². The van der Waals surface area contributed by atoms with Gasteiger partial charge in [-0.25, -0.2) is 9.37 Å². The zero-order valence-electron chi connectivity index (χ0n) is 14.1. The van der Waals surface area contributed by atoms with Crippen molar-refractivity contribution in [1.29, 1.82) is 0 Å². The smallest absolute Gasteiger partial charge is 0.308 e. The predicted molar refractivity (Wildman–Crippen MR) is 93.4 cm³/mol. The van der Waals surface area contributed by atoms with Gasteiger partial charge in [0.2, 0.25) is 0 Å². The fourth-order valence-electron chi connectivity index (χ4n) is 3.30. The number of piperidine rings is 1. The van der Waals surface area contributed by atoms with Gasteiger partial charge in [-0.1, -0.05) is 6.92 Å². The minimum absolute atomic E-state index is 0.137. The molecule has 0 spiro atoms. The fourth-order valence-corrected chi connectivity index (χ4v) is 3.30. The minimum Gasteiger partial charge on any atom is -0.481 e. The highest BCUT2D eigenvalue weighted by Gasteiger charge is 2.31. The van der Waals surface area contributed by atoms with Crippen LogP contribution in [0.1, 0.15) is 13.3 Å². The highest BCUT2D eigenvalue weighted by molar-refractivity contribution is 5.73. The summed E-state index contributed by atoms with van der Waals surface area (Å²) in [6.07, 6.45) is 0.587. The van der Waals surface area contributed by atoms with Crippen LogP contribution in [-0.4, -0.2) is 34.1 Å². The molecule has 0 amide bonds. The second-order valence-electron chi connectivity index (χ2n) is 6.58. The van der Waals surface area contributed by atoms with Crippen LogP contribution in [0.5, 0.6) is 0 Å². The summed E-state index contributed by atoms with van der Waals surface area (Å²) in [5.41, 5.74) is 0.387.